The second-order valence-electron chi connectivity index (χ2n) is 9.56. The van der Waals surface area contributed by atoms with Gasteiger partial charge in [-0.15, -0.1) is 0 Å². The van der Waals surface area contributed by atoms with Gasteiger partial charge < -0.3 is 25.4 Å². The Morgan fingerprint density at radius 3 is 2.63 bits per heavy atom. The van der Waals surface area contributed by atoms with E-state index >= 15 is 0 Å². The van der Waals surface area contributed by atoms with E-state index in [0.717, 1.165) is 79.4 Å². The van der Waals surface area contributed by atoms with E-state index in [-0.39, 0.29) is 5.56 Å². The fraction of sp³-hybridized carbons (Fsp3) is 0.393. The number of nitrogens with two attached hydrogens (primary N) is 1. The molecule has 2 aliphatic heterocycles. The lowest BCUT2D eigenvalue weighted by Crippen LogP contribution is -2.49. The molecule has 0 atom stereocenters. The number of piperidine rings is 1. The second kappa shape index (κ2) is 12.1. The first-order valence-electron chi connectivity index (χ1n) is 12.9. The molecule has 2 fully saturated rings. The largest absolute Gasteiger partial charge is 0.496 e. The summed E-state index contributed by atoms with van der Waals surface area (Å²) in [4.78, 5) is 26.1. The van der Waals surface area contributed by atoms with Crippen LogP contribution in [0.1, 0.15) is 34.6 Å². The molecule has 3 heterocycles. The zero-order valence-corrected chi connectivity index (χ0v) is 23.1. The highest BCUT2D eigenvalue weighted by Gasteiger charge is 2.26. The van der Waals surface area contributed by atoms with E-state index in [1.807, 2.05) is 24.3 Å². The molecule has 0 spiro atoms. The fourth-order valence-corrected chi connectivity index (χ4v) is 5.53. The van der Waals surface area contributed by atoms with E-state index in [9.17, 15) is 4.79 Å². The summed E-state index contributed by atoms with van der Waals surface area (Å²) in [6.45, 7) is 5.80. The Labute approximate surface area is 231 Å². The third-order valence-electron chi connectivity index (χ3n) is 7.24. The molecule has 38 heavy (non-hydrogen) atoms. The summed E-state index contributed by atoms with van der Waals surface area (Å²) in [5, 5.41) is 3.21. The number of para-hydroxylation sites is 1. The van der Waals surface area contributed by atoms with Gasteiger partial charge in [0, 0.05) is 66.6 Å². The van der Waals surface area contributed by atoms with Gasteiger partial charge >= 0.3 is 0 Å². The van der Waals surface area contributed by atoms with E-state index in [1.165, 1.54) is 6.20 Å². The van der Waals surface area contributed by atoms with Crippen molar-refractivity contribution in [3.05, 3.63) is 70.1 Å². The highest BCUT2D eigenvalue weighted by molar-refractivity contribution is 9.10. The molecule has 2 saturated heterocycles. The molecule has 2 aromatic carbocycles. The Morgan fingerprint density at radius 2 is 1.92 bits per heavy atom. The third kappa shape index (κ3) is 6.09. The van der Waals surface area contributed by atoms with Gasteiger partial charge in [0.1, 0.15) is 23.0 Å². The smallest absolute Gasteiger partial charge is 0.254 e. The lowest BCUT2D eigenvalue weighted by Gasteiger charge is -2.40. The summed E-state index contributed by atoms with van der Waals surface area (Å²) in [6.07, 6.45) is 4.23. The van der Waals surface area contributed by atoms with Gasteiger partial charge in [-0.3, -0.25) is 9.69 Å². The normalized spacial score (nSPS) is 16.8. The molecule has 2 aliphatic rings. The number of hydrogen-bond donors (Lipinski definition) is 2. The molecule has 0 unspecified atom stereocenters. The standard InChI is InChI=1S/C28H33BrN6O3/c1-37-25-17-21(34-10-8-20(9-11-34)35-12-14-38-15-13-35)7-6-19(25)16-26-31-18-22(27(30)36)28(33-26)32-24-5-3-2-4-23(24)29/h2-7,17-18,20H,8-16H2,1H3,(H2,30,36)(H,31,32,33). The van der Waals surface area contributed by atoms with Gasteiger partial charge in [0.2, 0.25) is 0 Å². The third-order valence-corrected chi connectivity index (χ3v) is 7.93. The van der Waals surface area contributed by atoms with Crippen molar-refractivity contribution in [2.24, 2.45) is 5.73 Å². The van der Waals surface area contributed by atoms with E-state index in [0.29, 0.717) is 24.1 Å². The van der Waals surface area contributed by atoms with Crippen molar-refractivity contribution >= 4 is 39.0 Å². The molecular formula is C28H33BrN6O3. The Hall–Kier alpha value is -3.21. The zero-order chi connectivity index (χ0) is 26.5. The monoisotopic (exact) mass is 580 g/mol. The number of primary amides is 1. The van der Waals surface area contributed by atoms with E-state index in [4.69, 9.17) is 15.2 Å². The summed E-state index contributed by atoms with van der Waals surface area (Å²) in [7, 11) is 1.68. The first-order valence-corrected chi connectivity index (χ1v) is 13.7. The van der Waals surface area contributed by atoms with Gasteiger partial charge in [0.05, 0.1) is 26.0 Å². The molecule has 5 rings (SSSR count). The van der Waals surface area contributed by atoms with Crippen molar-refractivity contribution in [2.75, 3.05) is 56.7 Å². The molecule has 3 N–H and O–H groups in total. The molecule has 0 bridgehead atoms. The summed E-state index contributed by atoms with van der Waals surface area (Å²) >= 11 is 3.52. The molecule has 0 aliphatic carbocycles. The average Bonchev–Trinajstić information content (AvgIpc) is 2.95. The molecule has 200 valence electrons. The molecule has 0 radical (unpaired) electrons. The number of amides is 1. The Morgan fingerprint density at radius 1 is 1.16 bits per heavy atom. The Kier molecular flexibility index (Phi) is 8.41. The maximum atomic E-state index is 12.0. The van der Waals surface area contributed by atoms with Gasteiger partial charge in [-0.25, -0.2) is 9.97 Å². The van der Waals surface area contributed by atoms with Gasteiger partial charge in [-0.05, 0) is 47.0 Å². The van der Waals surface area contributed by atoms with Crippen LogP contribution in [0, 0.1) is 0 Å². The number of anilines is 3. The highest BCUT2D eigenvalue weighted by atomic mass is 79.9. The first-order chi connectivity index (χ1) is 18.5. The quantitative estimate of drug-likeness (QED) is 0.412. The van der Waals surface area contributed by atoms with Gasteiger partial charge in [-0.1, -0.05) is 18.2 Å². The van der Waals surface area contributed by atoms with Crippen LogP contribution < -0.4 is 20.7 Å². The fourth-order valence-electron chi connectivity index (χ4n) is 5.15. The molecule has 0 saturated carbocycles. The predicted octanol–water partition coefficient (Wildman–Crippen LogP) is 3.98. The van der Waals surface area contributed by atoms with Crippen molar-refractivity contribution in [1.82, 2.24) is 14.9 Å². The van der Waals surface area contributed by atoms with Crippen LogP contribution in [0.5, 0.6) is 5.75 Å². The zero-order valence-electron chi connectivity index (χ0n) is 21.5. The van der Waals surface area contributed by atoms with Crippen LogP contribution in [-0.2, 0) is 11.2 Å². The van der Waals surface area contributed by atoms with Crippen LogP contribution in [0.4, 0.5) is 17.2 Å². The number of aromatic nitrogens is 2. The predicted molar refractivity (Wildman–Crippen MR) is 151 cm³/mol. The van der Waals surface area contributed by atoms with Crippen molar-refractivity contribution in [3.63, 3.8) is 0 Å². The minimum Gasteiger partial charge on any atom is -0.496 e. The highest BCUT2D eigenvalue weighted by Crippen LogP contribution is 2.31. The lowest BCUT2D eigenvalue weighted by molar-refractivity contribution is 0.0115. The summed E-state index contributed by atoms with van der Waals surface area (Å²) < 4.78 is 12.1. The van der Waals surface area contributed by atoms with E-state index < -0.39 is 5.91 Å². The number of benzene rings is 2. The SMILES string of the molecule is COc1cc(N2CCC(N3CCOCC3)CC2)ccc1Cc1ncc(C(N)=O)c(Nc2ccccc2Br)n1. The molecule has 9 nitrogen and oxygen atoms in total. The number of nitrogens with one attached hydrogen (secondary N) is 1. The number of hydrogen-bond acceptors (Lipinski definition) is 8. The Balaban J connectivity index is 1.30. The minimum atomic E-state index is -0.592. The van der Waals surface area contributed by atoms with Crippen LogP contribution >= 0.6 is 15.9 Å². The molecule has 3 aromatic rings. The topological polar surface area (TPSA) is 106 Å². The van der Waals surface area contributed by atoms with E-state index in [1.54, 1.807) is 7.11 Å². The first kappa shape index (κ1) is 26.4. The lowest BCUT2D eigenvalue weighted by atomic mass is 10.0. The molecular weight excluding hydrogens is 548 g/mol. The number of carbonyl (C=O) groups is 1. The van der Waals surface area contributed by atoms with Crippen LogP contribution in [-0.4, -0.2) is 73.3 Å². The Bertz CT molecular complexity index is 1280. The summed E-state index contributed by atoms with van der Waals surface area (Å²) in [6, 6.07) is 14.6. The van der Waals surface area contributed by atoms with Gasteiger partial charge in [0.25, 0.3) is 5.91 Å². The molecule has 1 aromatic heterocycles. The number of nitrogens with zero attached hydrogens (tertiary/aromatic N) is 4. The minimum absolute atomic E-state index is 0.229. The number of carbonyl (C=O) groups excluding carboxylic acids is 1. The van der Waals surface area contributed by atoms with Crippen molar-refractivity contribution in [2.45, 2.75) is 25.3 Å². The number of methoxy groups -OCH3 is 1. The van der Waals surface area contributed by atoms with Crippen molar-refractivity contribution in [3.8, 4) is 5.75 Å². The molecule has 10 heteroatoms. The van der Waals surface area contributed by atoms with Crippen LogP contribution in [0.3, 0.4) is 0 Å². The van der Waals surface area contributed by atoms with Gasteiger partial charge in [-0.2, -0.15) is 0 Å². The van der Waals surface area contributed by atoms with E-state index in [2.05, 4.69) is 59.2 Å². The summed E-state index contributed by atoms with van der Waals surface area (Å²) in [5.74, 6) is 1.13. The summed E-state index contributed by atoms with van der Waals surface area (Å²) in [5.41, 5.74) is 8.73. The van der Waals surface area contributed by atoms with Crippen molar-refractivity contribution in [1.29, 1.82) is 0 Å². The average molecular weight is 582 g/mol. The number of morpholine rings is 1. The number of ether oxygens (including phenoxy) is 2. The van der Waals surface area contributed by atoms with Crippen LogP contribution in [0.2, 0.25) is 0 Å². The maximum Gasteiger partial charge on any atom is 0.254 e. The maximum absolute atomic E-state index is 12.0. The molecule has 1 amide bonds. The second-order valence-corrected chi connectivity index (χ2v) is 10.4. The number of halogens is 1. The van der Waals surface area contributed by atoms with Crippen LogP contribution in [0.15, 0.2) is 53.1 Å². The van der Waals surface area contributed by atoms with Crippen LogP contribution in [0.25, 0.3) is 0 Å². The van der Waals surface area contributed by atoms with Crippen molar-refractivity contribution < 1.29 is 14.3 Å². The number of rotatable bonds is 8. The van der Waals surface area contributed by atoms with Gasteiger partial charge in [0.15, 0.2) is 0 Å².